The molecular weight excluding hydrogens is 278 g/mol. The molecule has 2 N–H and O–H groups in total. The topological polar surface area (TPSA) is 61.4 Å². The van der Waals surface area contributed by atoms with Crippen LogP contribution in [-0.2, 0) is 0 Å². The van der Waals surface area contributed by atoms with Gasteiger partial charge in [-0.1, -0.05) is 24.6 Å². The minimum Gasteiger partial charge on any atom is -0.338 e. The van der Waals surface area contributed by atoms with Gasteiger partial charge < -0.3 is 15.5 Å². The molecule has 2 rings (SSSR count). The van der Waals surface area contributed by atoms with Crippen molar-refractivity contribution in [3.63, 3.8) is 0 Å². The van der Waals surface area contributed by atoms with Crippen molar-refractivity contribution in [1.82, 2.24) is 15.5 Å². The average molecular weight is 303 g/mol. The van der Waals surface area contributed by atoms with Crippen molar-refractivity contribution < 1.29 is 9.59 Å². The fourth-order valence-electron chi connectivity index (χ4n) is 2.66. The lowest BCUT2D eigenvalue weighted by Crippen LogP contribution is -2.49. The minimum absolute atomic E-state index is 0.0811. The number of piperidine rings is 1. The normalized spacial score (nSPS) is 15.5. The van der Waals surface area contributed by atoms with Crippen LogP contribution in [0.1, 0.15) is 42.1 Å². The third-order valence-corrected chi connectivity index (χ3v) is 3.92. The molecule has 1 aliphatic rings. The van der Waals surface area contributed by atoms with E-state index < -0.39 is 0 Å². The largest absolute Gasteiger partial charge is 0.338 e. The van der Waals surface area contributed by atoms with Gasteiger partial charge in [0.15, 0.2) is 0 Å². The van der Waals surface area contributed by atoms with Gasteiger partial charge in [0.1, 0.15) is 0 Å². The third-order valence-electron chi connectivity index (χ3n) is 3.92. The van der Waals surface area contributed by atoms with E-state index in [1.54, 1.807) is 0 Å². The average Bonchev–Trinajstić information content (AvgIpc) is 2.53. The highest BCUT2D eigenvalue weighted by atomic mass is 16.2. The van der Waals surface area contributed by atoms with E-state index in [1.165, 1.54) is 0 Å². The first kappa shape index (κ1) is 16.3. The summed E-state index contributed by atoms with van der Waals surface area (Å²) >= 11 is 0. The molecule has 1 fully saturated rings. The van der Waals surface area contributed by atoms with Crippen LogP contribution in [0.2, 0.25) is 0 Å². The van der Waals surface area contributed by atoms with Gasteiger partial charge in [0.25, 0.3) is 5.91 Å². The molecular formula is C17H25N3O2. The van der Waals surface area contributed by atoms with Gasteiger partial charge in [-0.2, -0.15) is 0 Å². The first-order chi connectivity index (χ1) is 10.6. The van der Waals surface area contributed by atoms with Crippen LogP contribution in [0.25, 0.3) is 0 Å². The highest BCUT2D eigenvalue weighted by molar-refractivity contribution is 5.94. The molecule has 1 aromatic carbocycles. The highest BCUT2D eigenvalue weighted by Gasteiger charge is 2.24. The Balaban J connectivity index is 1.82. The molecule has 0 aliphatic carbocycles. The van der Waals surface area contributed by atoms with Crippen LogP contribution in [0.15, 0.2) is 24.3 Å². The summed E-state index contributed by atoms with van der Waals surface area (Å²) < 4.78 is 0. The Kier molecular flexibility index (Phi) is 5.81. The molecule has 0 bridgehead atoms. The van der Waals surface area contributed by atoms with Crippen molar-refractivity contribution in [1.29, 1.82) is 0 Å². The number of nitrogens with zero attached hydrogens (tertiary/aromatic N) is 1. The van der Waals surface area contributed by atoms with Crippen LogP contribution >= 0.6 is 0 Å². The summed E-state index contributed by atoms with van der Waals surface area (Å²) in [4.78, 5) is 26.0. The number of carbonyl (C=O) groups is 2. The van der Waals surface area contributed by atoms with E-state index in [2.05, 4.69) is 10.6 Å². The standard InChI is InChI=1S/C17H25N3O2/c1-3-9-18-17(22)19-15-7-10-20(11-8-15)16(21)14-6-4-5-13(2)12-14/h4-6,12,15H,3,7-11H2,1-2H3,(H2,18,19,22). The molecule has 1 aliphatic heterocycles. The quantitative estimate of drug-likeness (QED) is 0.896. The maximum Gasteiger partial charge on any atom is 0.315 e. The van der Waals surface area contributed by atoms with Gasteiger partial charge in [-0.25, -0.2) is 4.79 Å². The number of amides is 3. The van der Waals surface area contributed by atoms with Crippen LogP contribution in [0.3, 0.4) is 0 Å². The van der Waals surface area contributed by atoms with Crippen molar-refractivity contribution in [2.45, 2.75) is 39.2 Å². The summed E-state index contributed by atoms with van der Waals surface area (Å²) in [6, 6.07) is 7.73. The SMILES string of the molecule is CCCNC(=O)NC1CCN(C(=O)c2cccc(C)c2)CC1. The number of urea groups is 1. The smallest absolute Gasteiger partial charge is 0.315 e. The maximum atomic E-state index is 12.4. The number of aryl methyl sites for hydroxylation is 1. The summed E-state index contributed by atoms with van der Waals surface area (Å²) in [7, 11) is 0. The monoisotopic (exact) mass is 303 g/mol. The van der Waals surface area contributed by atoms with E-state index >= 15 is 0 Å². The number of benzene rings is 1. The van der Waals surface area contributed by atoms with Gasteiger partial charge >= 0.3 is 6.03 Å². The van der Waals surface area contributed by atoms with Gasteiger partial charge in [-0.15, -0.1) is 0 Å². The second kappa shape index (κ2) is 7.82. The highest BCUT2D eigenvalue weighted by Crippen LogP contribution is 2.14. The zero-order chi connectivity index (χ0) is 15.9. The molecule has 0 spiro atoms. The number of hydrogen-bond acceptors (Lipinski definition) is 2. The van der Waals surface area contributed by atoms with E-state index in [4.69, 9.17) is 0 Å². The first-order valence-corrected chi connectivity index (χ1v) is 8.00. The second-order valence-corrected chi connectivity index (χ2v) is 5.84. The molecule has 0 unspecified atom stereocenters. The predicted molar refractivity (Wildman–Crippen MR) is 86.9 cm³/mol. The van der Waals surface area contributed by atoms with E-state index in [1.807, 2.05) is 43.0 Å². The van der Waals surface area contributed by atoms with Crippen LogP contribution in [0, 0.1) is 6.92 Å². The van der Waals surface area contributed by atoms with Crippen LogP contribution in [0.5, 0.6) is 0 Å². The molecule has 1 saturated heterocycles. The van der Waals surface area contributed by atoms with E-state index in [9.17, 15) is 9.59 Å². The Morgan fingerprint density at radius 1 is 1.27 bits per heavy atom. The summed E-state index contributed by atoms with van der Waals surface area (Å²) in [6.45, 7) is 6.07. The Morgan fingerprint density at radius 3 is 2.64 bits per heavy atom. The molecule has 3 amide bonds. The zero-order valence-corrected chi connectivity index (χ0v) is 13.4. The van der Waals surface area contributed by atoms with Gasteiger partial charge in [-0.3, -0.25) is 4.79 Å². The third kappa shape index (κ3) is 4.48. The van der Waals surface area contributed by atoms with Crippen molar-refractivity contribution in [3.05, 3.63) is 35.4 Å². The fraction of sp³-hybridized carbons (Fsp3) is 0.529. The number of nitrogens with one attached hydrogen (secondary N) is 2. The van der Waals surface area contributed by atoms with Gasteiger partial charge in [-0.05, 0) is 38.3 Å². The van der Waals surface area contributed by atoms with Crippen molar-refractivity contribution in [2.24, 2.45) is 0 Å². The van der Waals surface area contributed by atoms with Gasteiger partial charge in [0, 0.05) is 31.2 Å². The molecule has 0 atom stereocenters. The van der Waals surface area contributed by atoms with Gasteiger partial charge in [0.05, 0.1) is 0 Å². The molecule has 0 radical (unpaired) electrons. The fourth-order valence-corrected chi connectivity index (χ4v) is 2.66. The van der Waals surface area contributed by atoms with Gasteiger partial charge in [0.2, 0.25) is 0 Å². The van der Waals surface area contributed by atoms with E-state index in [0.29, 0.717) is 19.6 Å². The van der Waals surface area contributed by atoms with E-state index in [-0.39, 0.29) is 18.0 Å². The molecule has 120 valence electrons. The van der Waals surface area contributed by atoms with Crippen LogP contribution < -0.4 is 10.6 Å². The van der Waals surface area contributed by atoms with Crippen molar-refractivity contribution in [3.8, 4) is 0 Å². The Morgan fingerprint density at radius 2 is 2.00 bits per heavy atom. The Labute approximate surface area is 132 Å². The minimum atomic E-state index is -0.106. The summed E-state index contributed by atoms with van der Waals surface area (Å²) in [5.74, 6) is 0.0811. The maximum absolute atomic E-state index is 12.4. The molecule has 5 heteroatoms. The molecule has 5 nitrogen and oxygen atoms in total. The molecule has 1 heterocycles. The summed E-state index contributed by atoms with van der Waals surface area (Å²) in [5.41, 5.74) is 1.84. The molecule has 22 heavy (non-hydrogen) atoms. The number of hydrogen-bond donors (Lipinski definition) is 2. The lowest BCUT2D eigenvalue weighted by Gasteiger charge is -2.32. The number of rotatable bonds is 4. The van der Waals surface area contributed by atoms with Crippen LogP contribution in [-0.4, -0.2) is 42.5 Å². The Hall–Kier alpha value is -2.04. The predicted octanol–water partition coefficient (Wildman–Crippen LogP) is 2.31. The summed E-state index contributed by atoms with van der Waals surface area (Å²) in [5, 5.41) is 5.79. The second-order valence-electron chi connectivity index (χ2n) is 5.84. The molecule has 0 aromatic heterocycles. The van der Waals surface area contributed by atoms with Crippen molar-refractivity contribution >= 4 is 11.9 Å². The van der Waals surface area contributed by atoms with Crippen LogP contribution in [0.4, 0.5) is 4.79 Å². The van der Waals surface area contributed by atoms with E-state index in [0.717, 1.165) is 30.4 Å². The lowest BCUT2D eigenvalue weighted by atomic mass is 10.0. The van der Waals surface area contributed by atoms with Crippen molar-refractivity contribution in [2.75, 3.05) is 19.6 Å². The number of likely N-dealkylation sites (tertiary alicyclic amines) is 1. The lowest BCUT2D eigenvalue weighted by molar-refractivity contribution is 0.0708. The zero-order valence-electron chi connectivity index (χ0n) is 13.4. The number of carbonyl (C=O) groups excluding carboxylic acids is 2. The summed E-state index contributed by atoms with van der Waals surface area (Å²) in [6.07, 6.45) is 2.53. The molecule has 1 aromatic rings. The Bertz CT molecular complexity index is 522. The molecule has 0 saturated carbocycles. The first-order valence-electron chi connectivity index (χ1n) is 8.00.